The molecular weight excluding hydrogens is 496 g/mol. The number of fused-ring (bicyclic) bond motifs is 1. The predicted molar refractivity (Wildman–Crippen MR) is 146 cm³/mol. The molecule has 1 aliphatic rings. The summed E-state index contributed by atoms with van der Waals surface area (Å²) in [6.45, 7) is 5.36. The van der Waals surface area contributed by atoms with Gasteiger partial charge < -0.3 is 18.9 Å². The van der Waals surface area contributed by atoms with E-state index in [0.717, 1.165) is 39.5 Å². The van der Waals surface area contributed by atoms with Crippen molar-refractivity contribution in [2.45, 2.75) is 13.5 Å². The monoisotopic (exact) mass is 524 g/mol. The highest BCUT2D eigenvalue weighted by Crippen LogP contribution is 2.35. The lowest BCUT2D eigenvalue weighted by Gasteiger charge is -2.28. The van der Waals surface area contributed by atoms with Crippen LogP contribution in [0.25, 0.3) is 45.2 Å². The fourth-order valence-electron chi connectivity index (χ4n) is 4.88. The van der Waals surface area contributed by atoms with Crippen molar-refractivity contribution in [2.75, 3.05) is 38.3 Å². The number of aryl methyl sites for hydroxylation is 2. The van der Waals surface area contributed by atoms with Gasteiger partial charge in [-0.05, 0) is 43.3 Å². The number of anilines is 1. The SMILES string of the molecule is CCn1c(-c2ccncc2)nc2c(N3CCOCC3)nc(-c3ccc(C(=O)OC)cc3-c3ccn(C)n3)nc21. The average Bonchev–Trinajstić information content (AvgIpc) is 3.60. The Morgan fingerprint density at radius 1 is 1.03 bits per heavy atom. The van der Waals surface area contributed by atoms with Crippen LogP contribution in [0.2, 0.25) is 0 Å². The number of carbonyl (C=O) groups excluding carboxylic acids is 1. The van der Waals surface area contributed by atoms with Gasteiger partial charge >= 0.3 is 5.97 Å². The summed E-state index contributed by atoms with van der Waals surface area (Å²) >= 11 is 0. The first-order valence-corrected chi connectivity index (χ1v) is 12.8. The van der Waals surface area contributed by atoms with E-state index >= 15 is 0 Å². The summed E-state index contributed by atoms with van der Waals surface area (Å²) < 4.78 is 14.4. The van der Waals surface area contributed by atoms with Crippen LogP contribution in [0.15, 0.2) is 55.0 Å². The van der Waals surface area contributed by atoms with Crippen molar-refractivity contribution in [3.8, 4) is 34.0 Å². The molecule has 0 atom stereocenters. The van der Waals surface area contributed by atoms with Crippen molar-refractivity contribution in [1.29, 1.82) is 0 Å². The van der Waals surface area contributed by atoms with Gasteiger partial charge in [-0.3, -0.25) is 9.67 Å². The van der Waals surface area contributed by atoms with Crippen LogP contribution in [0.4, 0.5) is 5.82 Å². The molecule has 0 aliphatic carbocycles. The Balaban J connectivity index is 1.62. The summed E-state index contributed by atoms with van der Waals surface area (Å²) in [5, 5.41) is 4.60. The first kappa shape index (κ1) is 24.7. The van der Waals surface area contributed by atoms with Crippen LogP contribution in [0.5, 0.6) is 0 Å². The van der Waals surface area contributed by atoms with Gasteiger partial charge in [-0.25, -0.2) is 19.7 Å². The van der Waals surface area contributed by atoms with Gasteiger partial charge in [0.15, 0.2) is 22.8 Å². The Morgan fingerprint density at radius 3 is 2.51 bits per heavy atom. The Hall–Kier alpha value is -4.64. The largest absolute Gasteiger partial charge is 0.465 e. The van der Waals surface area contributed by atoms with Gasteiger partial charge in [0.25, 0.3) is 0 Å². The molecule has 0 radical (unpaired) electrons. The van der Waals surface area contributed by atoms with Gasteiger partial charge in [0, 0.05) is 62.0 Å². The molecule has 1 aromatic carbocycles. The molecule has 0 bridgehead atoms. The number of methoxy groups -OCH3 is 1. The number of esters is 1. The quantitative estimate of drug-likeness (QED) is 0.308. The van der Waals surface area contributed by atoms with Gasteiger partial charge in [-0.2, -0.15) is 5.10 Å². The number of benzene rings is 1. The zero-order valence-electron chi connectivity index (χ0n) is 22.0. The summed E-state index contributed by atoms with van der Waals surface area (Å²) in [5.74, 6) is 1.67. The van der Waals surface area contributed by atoms with Crippen LogP contribution in [0.1, 0.15) is 17.3 Å². The van der Waals surface area contributed by atoms with Crippen molar-refractivity contribution in [3.63, 3.8) is 0 Å². The Bertz CT molecular complexity index is 1650. The highest BCUT2D eigenvalue weighted by atomic mass is 16.5. The van der Waals surface area contributed by atoms with E-state index in [1.54, 1.807) is 29.2 Å². The standard InChI is InChI=1S/C28H28N8O3/c1-4-36-25(18-7-10-29-11-8-18)30-23-26(35-13-15-39-16-14-35)31-24(32-27(23)36)20-6-5-19(28(37)38-3)17-21(20)22-9-12-34(2)33-22/h5-12,17H,4,13-16H2,1-3H3. The second-order valence-electron chi connectivity index (χ2n) is 9.18. The summed E-state index contributed by atoms with van der Waals surface area (Å²) in [4.78, 5) is 34.0. The maximum Gasteiger partial charge on any atom is 0.337 e. The number of nitrogens with zero attached hydrogens (tertiary/aromatic N) is 8. The lowest BCUT2D eigenvalue weighted by atomic mass is 10.0. The smallest absolute Gasteiger partial charge is 0.337 e. The van der Waals surface area contributed by atoms with Crippen LogP contribution in [-0.2, 0) is 23.1 Å². The van der Waals surface area contributed by atoms with Crippen LogP contribution in [0, 0.1) is 0 Å². The number of carbonyl (C=O) groups is 1. The van der Waals surface area contributed by atoms with Gasteiger partial charge in [0.05, 0.1) is 31.6 Å². The number of ether oxygens (including phenoxy) is 2. The lowest BCUT2D eigenvalue weighted by Crippen LogP contribution is -2.37. The van der Waals surface area contributed by atoms with E-state index in [1.165, 1.54) is 7.11 Å². The number of morpholine rings is 1. The maximum absolute atomic E-state index is 12.4. The molecule has 4 aromatic heterocycles. The molecule has 0 saturated carbocycles. The number of pyridine rings is 1. The second-order valence-corrected chi connectivity index (χ2v) is 9.18. The van der Waals surface area contributed by atoms with Gasteiger partial charge in [0.1, 0.15) is 5.82 Å². The molecule has 11 nitrogen and oxygen atoms in total. The second kappa shape index (κ2) is 10.3. The lowest BCUT2D eigenvalue weighted by molar-refractivity contribution is 0.0601. The molecule has 1 fully saturated rings. The summed E-state index contributed by atoms with van der Waals surface area (Å²) in [6, 6.07) is 11.2. The highest BCUT2D eigenvalue weighted by Gasteiger charge is 2.25. The minimum Gasteiger partial charge on any atom is -0.465 e. The zero-order chi connectivity index (χ0) is 26.9. The van der Waals surface area contributed by atoms with Gasteiger partial charge in [0.2, 0.25) is 0 Å². The molecule has 5 aromatic rings. The molecule has 1 saturated heterocycles. The Labute approximate surface area is 225 Å². The van der Waals surface area contributed by atoms with E-state index in [0.29, 0.717) is 49.9 Å². The molecule has 0 N–H and O–H groups in total. The molecule has 6 rings (SSSR count). The summed E-state index contributed by atoms with van der Waals surface area (Å²) in [6.07, 6.45) is 5.38. The maximum atomic E-state index is 12.4. The predicted octanol–water partition coefficient (Wildman–Crippen LogP) is 3.60. The normalized spacial score (nSPS) is 13.7. The van der Waals surface area contributed by atoms with Crippen molar-refractivity contribution < 1.29 is 14.3 Å². The van der Waals surface area contributed by atoms with E-state index < -0.39 is 5.97 Å². The van der Waals surface area contributed by atoms with E-state index in [9.17, 15) is 4.79 Å². The molecular formula is C28H28N8O3. The van der Waals surface area contributed by atoms with E-state index in [-0.39, 0.29) is 0 Å². The first-order chi connectivity index (χ1) is 19.1. The first-order valence-electron chi connectivity index (χ1n) is 12.8. The van der Waals surface area contributed by atoms with Crippen molar-refractivity contribution >= 4 is 23.0 Å². The third kappa shape index (κ3) is 4.50. The zero-order valence-corrected chi connectivity index (χ0v) is 22.0. The van der Waals surface area contributed by atoms with E-state index in [2.05, 4.69) is 26.5 Å². The molecule has 39 heavy (non-hydrogen) atoms. The minimum atomic E-state index is -0.421. The molecule has 0 amide bonds. The average molecular weight is 525 g/mol. The van der Waals surface area contributed by atoms with Gasteiger partial charge in [-0.1, -0.05) is 0 Å². The number of imidazole rings is 1. The van der Waals surface area contributed by atoms with Crippen LogP contribution in [0.3, 0.4) is 0 Å². The Kier molecular flexibility index (Phi) is 6.49. The van der Waals surface area contributed by atoms with Gasteiger partial charge in [-0.15, -0.1) is 0 Å². The molecule has 0 unspecified atom stereocenters. The van der Waals surface area contributed by atoms with Crippen LogP contribution >= 0.6 is 0 Å². The molecule has 198 valence electrons. The third-order valence-electron chi connectivity index (χ3n) is 6.81. The Morgan fingerprint density at radius 2 is 1.82 bits per heavy atom. The van der Waals surface area contributed by atoms with Crippen LogP contribution < -0.4 is 4.90 Å². The van der Waals surface area contributed by atoms with Crippen molar-refractivity contribution in [3.05, 3.63) is 60.6 Å². The van der Waals surface area contributed by atoms with Crippen molar-refractivity contribution in [2.24, 2.45) is 7.05 Å². The fraction of sp³-hybridized carbons (Fsp3) is 0.286. The van der Waals surface area contributed by atoms with E-state index in [1.807, 2.05) is 37.5 Å². The number of rotatable bonds is 6. The highest BCUT2D eigenvalue weighted by molar-refractivity contribution is 5.95. The third-order valence-corrected chi connectivity index (χ3v) is 6.81. The molecule has 11 heteroatoms. The van der Waals surface area contributed by atoms with E-state index in [4.69, 9.17) is 24.4 Å². The van der Waals surface area contributed by atoms with Crippen LogP contribution in [-0.4, -0.2) is 73.7 Å². The van der Waals surface area contributed by atoms with Crippen molar-refractivity contribution in [1.82, 2.24) is 34.3 Å². The summed E-state index contributed by atoms with van der Waals surface area (Å²) in [7, 11) is 3.22. The molecule has 1 aliphatic heterocycles. The molecule has 0 spiro atoms. The minimum absolute atomic E-state index is 0.421. The number of aromatic nitrogens is 7. The number of hydrogen-bond acceptors (Lipinski definition) is 9. The molecule has 5 heterocycles. The summed E-state index contributed by atoms with van der Waals surface area (Å²) in [5.41, 5.74) is 5.05. The topological polar surface area (TPSA) is 113 Å². The number of hydrogen-bond donors (Lipinski definition) is 0. The fourth-order valence-corrected chi connectivity index (χ4v) is 4.88.